The van der Waals surface area contributed by atoms with Crippen LogP contribution in [0.25, 0.3) is 25.1 Å². The molecule has 0 spiro atoms. The van der Waals surface area contributed by atoms with Gasteiger partial charge >= 0.3 is 0 Å². The summed E-state index contributed by atoms with van der Waals surface area (Å²) in [5, 5.41) is 1.66. The molecule has 114 valence electrons. The second-order valence-electron chi connectivity index (χ2n) is 5.10. The van der Waals surface area contributed by atoms with Crippen molar-refractivity contribution in [2.24, 2.45) is 0 Å². The van der Waals surface area contributed by atoms with Crippen LogP contribution in [-0.4, -0.2) is 0 Å². The van der Waals surface area contributed by atoms with Crippen LogP contribution in [0.4, 0.5) is 17.6 Å². The van der Waals surface area contributed by atoms with E-state index in [1.807, 2.05) is 24.3 Å². The number of benzene rings is 3. The second kappa shape index (κ2) is 5.06. The highest BCUT2D eigenvalue weighted by atomic mass is 32.2. The van der Waals surface area contributed by atoms with Crippen LogP contribution in [0.3, 0.4) is 0 Å². The summed E-state index contributed by atoms with van der Waals surface area (Å²) in [6, 6.07) is 14.5. The maximum atomic E-state index is 14.3. The molecule has 0 nitrogen and oxygen atoms in total. The molecule has 0 fully saturated rings. The average molecular weight is 333 g/mol. The Morgan fingerprint density at radius 1 is 0.609 bits per heavy atom. The van der Waals surface area contributed by atoms with Crippen LogP contribution in [0.2, 0.25) is 0 Å². The zero-order valence-corrected chi connectivity index (χ0v) is 12.4. The number of fused-ring (bicyclic) bond motifs is 3. The standard InChI is InChI=1S/C18H9F4S/c19-12-9-13(20)17(22)18(16(12)21)23-14-7-3-1-5-10(14)11-6-2-4-8-15(11)23/h1-9H/q+1. The van der Waals surface area contributed by atoms with Crippen molar-refractivity contribution >= 4 is 30.6 Å². The molecule has 5 heteroatoms. The number of rotatable bonds is 1. The highest BCUT2D eigenvalue weighted by Crippen LogP contribution is 2.50. The molecule has 4 aromatic rings. The third kappa shape index (κ3) is 1.96. The quantitative estimate of drug-likeness (QED) is 0.218. The summed E-state index contributed by atoms with van der Waals surface area (Å²) in [7, 11) is -1.21. The molecule has 0 unspecified atom stereocenters. The number of hydrogen-bond donors (Lipinski definition) is 0. The van der Waals surface area contributed by atoms with Crippen molar-refractivity contribution in [2.45, 2.75) is 0 Å². The predicted octanol–water partition coefficient (Wildman–Crippen LogP) is 6.29. The lowest BCUT2D eigenvalue weighted by Crippen LogP contribution is -1.96. The van der Waals surface area contributed by atoms with E-state index in [1.54, 1.807) is 24.3 Å². The van der Waals surface area contributed by atoms with Gasteiger partial charge in [0.25, 0.3) is 4.90 Å². The Kier molecular flexibility index (Phi) is 3.13. The van der Waals surface area contributed by atoms with Crippen LogP contribution < -0.4 is 0 Å². The Morgan fingerprint density at radius 3 is 1.52 bits per heavy atom. The zero-order valence-electron chi connectivity index (χ0n) is 11.6. The number of hydrogen-bond acceptors (Lipinski definition) is 0. The molecule has 1 aromatic heterocycles. The molecule has 0 aliphatic carbocycles. The fourth-order valence-electron chi connectivity index (χ4n) is 2.80. The summed E-state index contributed by atoms with van der Waals surface area (Å²) in [4.78, 5) is -0.556. The van der Waals surface area contributed by atoms with Gasteiger partial charge in [0, 0.05) is 27.3 Å². The lowest BCUT2D eigenvalue weighted by atomic mass is 10.2. The molecule has 1 heterocycles. The van der Waals surface area contributed by atoms with Crippen LogP contribution in [0.15, 0.2) is 54.6 Å². The highest BCUT2D eigenvalue weighted by molar-refractivity contribution is 7.50. The summed E-state index contributed by atoms with van der Waals surface area (Å²) in [6.45, 7) is 0. The van der Waals surface area contributed by atoms with E-state index in [2.05, 4.69) is 0 Å². The fourth-order valence-corrected chi connectivity index (χ4v) is 5.26. The molecular formula is C18H9F4S+. The first-order valence-electron chi connectivity index (χ1n) is 6.85. The summed E-state index contributed by atoms with van der Waals surface area (Å²) in [5.74, 6) is -5.43. The van der Waals surface area contributed by atoms with Crippen molar-refractivity contribution in [1.82, 2.24) is 0 Å². The molecule has 0 saturated carbocycles. The van der Waals surface area contributed by atoms with Gasteiger partial charge in [0.2, 0.25) is 11.6 Å². The van der Waals surface area contributed by atoms with E-state index in [-0.39, 0.29) is 6.07 Å². The molecule has 0 saturated heterocycles. The van der Waals surface area contributed by atoms with Gasteiger partial charge in [0.05, 0.1) is 0 Å². The van der Waals surface area contributed by atoms with Gasteiger partial charge < -0.3 is 0 Å². The van der Waals surface area contributed by atoms with Gasteiger partial charge in [-0.05, 0) is 24.3 Å². The Hall–Kier alpha value is -2.40. The molecule has 0 bridgehead atoms. The van der Waals surface area contributed by atoms with Crippen LogP contribution in [-0.2, 0) is 0 Å². The average Bonchev–Trinajstić information content (AvgIpc) is 2.89. The van der Waals surface area contributed by atoms with Crippen LogP contribution >= 0.6 is 10.5 Å². The maximum Gasteiger partial charge on any atom is 0.256 e. The van der Waals surface area contributed by atoms with Crippen molar-refractivity contribution in [2.75, 3.05) is 0 Å². The van der Waals surface area contributed by atoms with Crippen molar-refractivity contribution in [3.8, 4) is 4.90 Å². The first-order valence-corrected chi connectivity index (χ1v) is 8.08. The molecule has 0 radical (unpaired) electrons. The minimum Gasteiger partial charge on any atom is -0.203 e. The molecule has 0 aliphatic rings. The van der Waals surface area contributed by atoms with Gasteiger partial charge in [-0.3, -0.25) is 0 Å². The summed E-state index contributed by atoms with van der Waals surface area (Å²) >= 11 is 0. The molecular weight excluding hydrogens is 324 g/mol. The van der Waals surface area contributed by atoms with Crippen LogP contribution in [0.1, 0.15) is 0 Å². The van der Waals surface area contributed by atoms with Gasteiger partial charge in [0.15, 0.2) is 21.0 Å². The Bertz CT molecular complexity index is 986. The zero-order chi connectivity index (χ0) is 16.1. The lowest BCUT2D eigenvalue weighted by molar-refractivity contribution is 0.461. The fraction of sp³-hybridized carbons (Fsp3) is 0. The van der Waals surface area contributed by atoms with Gasteiger partial charge in [-0.1, -0.05) is 24.3 Å². The van der Waals surface area contributed by atoms with Crippen molar-refractivity contribution in [1.29, 1.82) is 0 Å². The highest BCUT2D eigenvalue weighted by Gasteiger charge is 2.33. The Labute approximate surface area is 131 Å². The predicted molar refractivity (Wildman–Crippen MR) is 85.1 cm³/mol. The van der Waals surface area contributed by atoms with Gasteiger partial charge in [-0.25, -0.2) is 8.78 Å². The van der Waals surface area contributed by atoms with E-state index in [0.29, 0.717) is 9.40 Å². The van der Waals surface area contributed by atoms with Gasteiger partial charge in [-0.2, -0.15) is 8.78 Å². The topological polar surface area (TPSA) is 0 Å². The van der Waals surface area contributed by atoms with Crippen molar-refractivity contribution in [3.63, 3.8) is 0 Å². The third-order valence-corrected chi connectivity index (χ3v) is 6.14. The van der Waals surface area contributed by atoms with Crippen molar-refractivity contribution < 1.29 is 17.6 Å². The summed E-state index contributed by atoms with van der Waals surface area (Å²) in [6.07, 6.45) is 0. The lowest BCUT2D eigenvalue weighted by Gasteiger charge is -2.00. The number of halogens is 4. The minimum atomic E-state index is -1.38. The molecule has 0 amide bonds. The van der Waals surface area contributed by atoms with Gasteiger partial charge in [0.1, 0.15) is 0 Å². The smallest absolute Gasteiger partial charge is 0.203 e. The molecule has 23 heavy (non-hydrogen) atoms. The molecule has 3 aromatic carbocycles. The Balaban J connectivity index is 2.27. The molecule has 0 N–H and O–H groups in total. The van der Waals surface area contributed by atoms with E-state index < -0.39 is 38.6 Å². The first kappa shape index (κ1) is 14.2. The van der Waals surface area contributed by atoms with E-state index in [9.17, 15) is 17.6 Å². The van der Waals surface area contributed by atoms with E-state index in [4.69, 9.17) is 0 Å². The molecule has 0 aliphatic heterocycles. The van der Waals surface area contributed by atoms with Crippen LogP contribution in [0, 0.1) is 23.3 Å². The normalized spacial score (nSPS) is 11.5. The third-order valence-electron chi connectivity index (χ3n) is 3.78. The van der Waals surface area contributed by atoms with E-state index in [0.717, 1.165) is 10.8 Å². The maximum absolute atomic E-state index is 14.3. The summed E-state index contributed by atoms with van der Waals surface area (Å²) in [5.41, 5.74) is 0. The minimum absolute atomic E-state index is 0.241. The summed E-state index contributed by atoms with van der Waals surface area (Å²) < 4.78 is 57.2. The molecule has 0 atom stereocenters. The molecule has 4 rings (SSSR count). The largest absolute Gasteiger partial charge is 0.256 e. The van der Waals surface area contributed by atoms with E-state index >= 15 is 0 Å². The first-order chi connectivity index (χ1) is 11.1. The number of thiophene rings is 1. The van der Waals surface area contributed by atoms with Crippen molar-refractivity contribution in [3.05, 3.63) is 77.9 Å². The van der Waals surface area contributed by atoms with E-state index in [1.165, 1.54) is 0 Å². The Morgan fingerprint density at radius 2 is 1.04 bits per heavy atom. The van der Waals surface area contributed by atoms with Gasteiger partial charge in [-0.15, -0.1) is 0 Å². The monoisotopic (exact) mass is 333 g/mol. The van der Waals surface area contributed by atoms with Crippen LogP contribution in [0.5, 0.6) is 0 Å². The SMILES string of the molecule is Fc1cc(F)c(F)c(-[s+]2c3ccccc3c3ccccc32)c1F. The second-order valence-corrected chi connectivity index (χ2v) is 7.00.